The summed E-state index contributed by atoms with van der Waals surface area (Å²) >= 11 is 3.48. The van der Waals surface area contributed by atoms with Crippen molar-refractivity contribution in [3.63, 3.8) is 0 Å². The maximum Gasteiger partial charge on any atom is 0.420 e. The molecule has 0 unspecified atom stereocenters. The number of nitrogens with zero attached hydrogens (tertiary/aromatic N) is 6. The number of benzene rings is 1. The molecular weight excluding hydrogens is 500 g/mol. The molecule has 0 radical (unpaired) electrons. The number of fused-ring (bicyclic) bond motifs is 1. The van der Waals surface area contributed by atoms with Crippen LogP contribution in [0.2, 0.25) is 0 Å². The van der Waals surface area contributed by atoms with E-state index in [2.05, 4.69) is 47.8 Å². The number of hydrogen-bond acceptors (Lipinski definition) is 8. The van der Waals surface area contributed by atoms with Gasteiger partial charge >= 0.3 is 6.09 Å². The van der Waals surface area contributed by atoms with E-state index in [9.17, 15) is 4.79 Å². The van der Waals surface area contributed by atoms with E-state index >= 15 is 0 Å². The van der Waals surface area contributed by atoms with Crippen LogP contribution in [-0.2, 0) is 9.47 Å². The minimum atomic E-state index is -0.639. The summed E-state index contributed by atoms with van der Waals surface area (Å²) < 4.78 is 11.7. The Bertz CT molecular complexity index is 1020. The molecule has 34 heavy (non-hydrogen) atoms. The van der Waals surface area contributed by atoms with E-state index in [1.807, 2.05) is 44.0 Å². The van der Waals surface area contributed by atoms with Crippen molar-refractivity contribution < 1.29 is 14.3 Å². The fraction of sp³-hybridized carbons (Fsp3) is 0.542. The van der Waals surface area contributed by atoms with Gasteiger partial charge in [0.25, 0.3) is 0 Å². The number of amidine groups is 2. The Kier molecular flexibility index (Phi) is 6.39. The van der Waals surface area contributed by atoms with Gasteiger partial charge in [0.1, 0.15) is 10.2 Å². The minimum absolute atomic E-state index is 0.463. The van der Waals surface area contributed by atoms with Crippen LogP contribution in [0.1, 0.15) is 20.8 Å². The number of halogens is 1. The summed E-state index contributed by atoms with van der Waals surface area (Å²) in [5, 5.41) is 0. The van der Waals surface area contributed by atoms with Crippen LogP contribution >= 0.6 is 15.9 Å². The molecule has 0 atom stereocenters. The molecule has 0 bridgehead atoms. The first-order valence-corrected chi connectivity index (χ1v) is 12.6. The third kappa shape index (κ3) is 4.85. The van der Waals surface area contributed by atoms with Gasteiger partial charge in [0.15, 0.2) is 11.7 Å². The molecule has 9 nitrogen and oxygen atoms in total. The summed E-state index contributed by atoms with van der Waals surface area (Å²) in [4.78, 5) is 31.0. The second-order valence-electron chi connectivity index (χ2n) is 9.83. The molecule has 1 aromatic rings. The summed E-state index contributed by atoms with van der Waals surface area (Å²) in [5.41, 5.74) is 1.20. The van der Waals surface area contributed by atoms with Crippen LogP contribution in [0, 0.1) is 0 Å². The molecule has 0 aromatic heterocycles. The van der Waals surface area contributed by atoms with Gasteiger partial charge in [-0.2, -0.15) is 0 Å². The monoisotopic (exact) mass is 530 g/mol. The maximum absolute atomic E-state index is 13.4. The first-order chi connectivity index (χ1) is 16.3. The van der Waals surface area contributed by atoms with Gasteiger partial charge in [0, 0.05) is 44.6 Å². The smallest absolute Gasteiger partial charge is 0.420 e. The van der Waals surface area contributed by atoms with Crippen LogP contribution in [0.4, 0.5) is 16.2 Å². The number of ether oxygens (including phenoxy) is 2. The number of hydrogen-bond donors (Lipinski definition) is 0. The highest BCUT2D eigenvalue weighted by Gasteiger charge is 2.35. The first-order valence-electron chi connectivity index (χ1n) is 11.8. The van der Waals surface area contributed by atoms with Gasteiger partial charge in [0.2, 0.25) is 0 Å². The number of piperazine rings is 1. The van der Waals surface area contributed by atoms with Gasteiger partial charge in [-0.15, -0.1) is 0 Å². The van der Waals surface area contributed by atoms with Gasteiger partial charge in [0.05, 0.1) is 31.5 Å². The van der Waals surface area contributed by atoms with Crippen molar-refractivity contribution in [2.75, 3.05) is 62.3 Å². The molecule has 4 heterocycles. The quantitative estimate of drug-likeness (QED) is 0.558. The van der Waals surface area contributed by atoms with E-state index in [0.717, 1.165) is 51.6 Å². The zero-order chi connectivity index (χ0) is 23.9. The molecule has 0 aliphatic carbocycles. The van der Waals surface area contributed by atoms with E-state index in [4.69, 9.17) is 9.47 Å². The summed E-state index contributed by atoms with van der Waals surface area (Å²) in [6.45, 7) is 12.7. The average Bonchev–Trinajstić information content (AvgIpc) is 3.21. The minimum Gasteiger partial charge on any atom is -0.443 e. The summed E-state index contributed by atoms with van der Waals surface area (Å²) in [5.74, 6) is 1.14. The van der Waals surface area contributed by atoms with Gasteiger partial charge in [-0.3, -0.25) is 9.89 Å². The molecule has 5 rings (SSSR count). The SMILES string of the molecule is CC(C)(C)OC(=O)N(C1=NC(Br)=CN2CCN=C12)c1ccc(N2CCN(C3COC3)CC2)cc1. The zero-order valence-corrected chi connectivity index (χ0v) is 21.5. The van der Waals surface area contributed by atoms with E-state index in [-0.39, 0.29) is 0 Å². The van der Waals surface area contributed by atoms with Gasteiger partial charge < -0.3 is 19.3 Å². The lowest BCUT2D eigenvalue weighted by atomic mass is 10.1. The molecule has 4 aliphatic heterocycles. The Hall–Kier alpha value is -2.43. The largest absolute Gasteiger partial charge is 0.443 e. The molecule has 0 spiro atoms. The Labute approximate surface area is 208 Å². The Morgan fingerprint density at radius 1 is 1.12 bits per heavy atom. The van der Waals surface area contributed by atoms with Crippen LogP contribution in [0.3, 0.4) is 0 Å². The lowest BCUT2D eigenvalue weighted by molar-refractivity contribution is -0.0660. The average molecular weight is 531 g/mol. The number of rotatable bonds is 3. The highest BCUT2D eigenvalue weighted by molar-refractivity contribution is 9.11. The first kappa shape index (κ1) is 23.3. The third-order valence-corrected chi connectivity index (χ3v) is 6.64. The van der Waals surface area contributed by atoms with Crippen LogP contribution < -0.4 is 9.80 Å². The van der Waals surface area contributed by atoms with Crippen molar-refractivity contribution in [1.29, 1.82) is 0 Å². The number of aliphatic imine (C=N–C) groups is 2. The number of anilines is 2. The molecule has 0 saturated carbocycles. The molecule has 1 aromatic carbocycles. The predicted octanol–water partition coefficient (Wildman–Crippen LogP) is 3.27. The molecule has 4 aliphatic rings. The van der Waals surface area contributed by atoms with Gasteiger partial charge in [-0.25, -0.2) is 14.7 Å². The van der Waals surface area contributed by atoms with Crippen molar-refractivity contribution in [2.45, 2.75) is 32.4 Å². The van der Waals surface area contributed by atoms with Crippen LogP contribution in [0.15, 0.2) is 45.1 Å². The molecule has 10 heteroatoms. The van der Waals surface area contributed by atoms with Crippen molar-refractivity contribution in [3.8, 4) is 0 Å². The molecule has 1 amide bonds. The normalized spacial score (nSPS) is 21.4. The lowest BCUT2D eigenvalue weighted by Gasteiger charge is -2.43. The van der Waals surface area contributed by atoms with E-state index in [1.54, 1.807) is 0 Å². The van der Waals surface area contributed by atoms with Crippen LogP contribution in [0.25, 0.3) is 0 Å². The van der Waals surface area contributed by atoms with Gasteiger partial charge in [-0.1, -0.05) is 0 Å². The number of amides is 1. The van der Waals surface area contributed by atoms with E-state index in [1.165, 1.54) is 4.90 Å². The molecule has 2 saturated heterocycles. The maximum atomic E-state index is 13.4. The topological polar surface area (TPSA) is 73.2 Å². The van der Waals surface area contributed by atoms with Crippen molar-refractivity contribution in [2.24, 2.45) is 9.98 Å². The second kappa shape index (κ2) is 9.31. The molecular formula is C24H31BrN6O3. The van der Waals surface area contributed by atoms with Crippen molar-refractivity contribution in [1.82, 2.24) is 9.80 Å². The fourth-order valence-electron chi connectivity index (χ4n) is 4.46. The lowest BCUT2D eigenvalue weighted by Crippen LogP contribution is -2.56. The van der Waals surface area contributed by atoms with Crippen molar-refractivity contribution >= 4 is 45.1 Å². The summed E-state index contributed by atoms with van der Waals surface area (Å²) in [6.07, 6.45) is 1.41. The van der Waals surface area contributed by atoms with Crippen LogP contribution in [0.5, 0.6) is 0 Å². The standard InChI is InChI=1S/C24H31BrN6O3/c1-24(2,3)34-23(32)31(22-21-26-8-9-30(21)14-20(25)27-22)18-6-4-17(5-7-18)28-10-12-29(13-11-28)19-15-33-16-19/h4-7,14,19H,8-13,15-16H2,1-3H3. The second-order valence-corrected chi connectivity index (χ2v) is 10.6. The Morgan fingerprint density at radius 2 is 1.82 bits per heavy atom. The zero-order valence-electron chi connectivity index (χ0n) is 19.9. The summed E-state index contributed by atoms with van der Waals surface area (Å²) in [6, 6.07) is 8.63. The number of carbonyl (C=O) groups excluding carboxylic acids is 1. The van der Waals surface area contributed by atoms with Gasteiger partial charge in [-0.05, 0) is 61.0 Å². The molecule has 2 fully saturated rings. The third-order valence-electron chi connectivity index (χ3n) is 6.26. The van der Waals surface area contributed by atoms with E-state index in [0.29, 0.717) is 34.6 Å². The van der Waals surface area contributed by atoms with Crippen LogP contribution in [-0.4, -0.2) is 91.7 Å². The Morgan fingerprint density at radius 3 is 2.44 bits per heavy atom. The number of carbonyl (C=O) groups is 1. The fourth-order valence-corrected chi connectivity index (χ4v) is 4.87. The molecule has 182 valence electrons. The Balaban J connectivity index is 1.38. The predicted molar refractivity (Wildman–Crippen MR) is 137 cm³/mol. The highest BCUT2D eigenvalue weighted by Crippen LogP contribution is 2.28. The summed E-state index contributed by atoms with van der Waals surface area (Å²) in [7, 11) is 0. The highest BCUT2D eigenvalue weighted by atomic mass is 79.9. The molecule has 0 N–H and O–H groups in total. The van der Waals surface area contributed by atoms with E-state index < -0.39 is 11.7 Å². The van der Waals surface area contributed by atoms with Crippen molar-refractivity contribution in [3.05, 3.63) is 35.1 Å².